The third-order valence-corrected chi connectivity index (χ3v) is 5.59. The molecule has 166 valence electrons. The Labute approximate surface area is 186 Å². The topological polar surface area (TPSA) is 60.0 Å². The van der Waals surface area contributed by atoms with E-state index < -0.39 is 0 Å². The van der Waals surface area contributed by atoms with Crippen LogP contribution in [0.3, 0.4) is 0 Å². The van der Waals surface area contributed by atoms with E-state index in [1.165, 1.54) is 11.1 Å². The van der Waals surface area contributed by atoms with Gasteiger partial charge in [0.1, 0.15) is 0 Å². The number of carbonyl (C=O) groups is 1. The van der Waals surface area contributed by atoms with Crippen LogP contribution in [0, 0.1) is 6.92 Å². The number of carbonyl (C=O) groups excluding carboxylic acids is 1. The number of likely N-dealkylation sites (tertiary alicyclic amines) is 1. The summed E-state index contributed by atoms with van der Waals surface area (Å²) in [5.74, 6) is 0.737. The van der Waals surface area contributed by atoms with E-state index in [9.17, 15) is 4.79 Å². The van der Waals surface area contributed by atoms with Gasteiger partial charge in [-0.2, -0.15) is 0 Å². The number of rotatable bonds is 7. The lowest BCUT2D eigenvalue weighted by molar-refractivity contribution is -0.127. The summed E-state index contributed by atoms with van der Waals surface area (Å²) in [6.45, 7) is 6.00. The number of nitrogens with zero attached hydrogens (tertiary/aromatic N) is 3. The quantitative estimate of drug-likeness (QED) is 0.533. The molecule has 0 saturated carbocycles. The second kappa shape index (κ2) is 11.5. The van der Waals surface area contributed by atoms with Gasteiger partial charge >= 0.3 is 0 Å². The number of likely N-dealkylation sites (N-methyl/N-ethyl adjacent to an activating group) is 1. The Kier molecular flexibility index (Phi) is 8.47. The highest BCUT2D eigenvalue weighted by Gasteiger charge is 2.20. The maximum Gasteiger partial charge on any atom is 0.241 e. The van der Waals surface area contributed by atoms with Gasteiger partial charge in [-0.1, -0.05) is 60.2 Å². The van der Waals surface area contributed by atoms with Crippen LogP contribution in [0.4, 0.5) is 0 Å². The average Bonchev–Trinajstić information content (AvgIpc) is 2.77. The number of guanidine groups is 1. The molecule has 1 aliphatic rings. The molecule has 0 atom stereocenters. The fourth-order valence-electron chi connectivity index (χ4n) is 3.72. The van der Waals surface area contributed by atoms with Crippen LogP contribution < -0.4 is 10.6 Å². The standard InChI is InChI=1S/C25H35N5O/c1-20-8-7-11-22(16-20)17-26-25(27-18-24(31)29(2)3)28-23-12-14-30(15-13-23)19-21-9-5-4-6-10-21/h4-11,16,23H,12-15,17-19H2,1-3H3,(H2,26,27,28). The Morgan fingerprint density at radius 1 is 1.06 bits per heavy atom. The first-order chi connectivity index (χ1) is 15.0. The first-order valence-corrected chi connectivity index (χ1v) is 11.1. The molecule has 0 unspecified atom stereocenters. The molecule has 2 aromatic rings. The van der Waals surface area contributed by atoms with Gasteiger partial charge in [0, 0.05) is 39.8 Å². The zero-order chi connectivity index (χ0) is 22.1. The van der Waals surface area contributed by atoms with Crippen LogP contribution in [0.1, 0.15) is 29.5 Å². The third-order valence-electron chi connectivity index (χ3n) is 5.59. The first kappa shape index (κ1) is 22.8. The highest BCUT2D eigenvalue weighted by molar-refractivity contribution is 5.86. The minimum atomic E-state index is 0.0303. The summed E-state index contributed by atoms with van der Waals surface area (Å²) in [6.07, 6.45) is 2.11. The number of benzene rings is 2. The number of amides is 1. The maximum absolute atomic E-state index is 12.0. The third kappa shape index (κ3) is 7.72. The molecule has 31 heavy (non-hydrogen) atoms. The Morgan fingerprint density at radius 2 is 1.77 bits per heavy atom. The van der Waals surface area contributed by atoms with E-state index in [4.69, 9.17) is 4.99 Å². The lowest BCUT2D eigenvalue weighted by Gasteiger charge is -2.33. The molecule has 1 fully saturated rings. The summed E-state index contributed by atoms with van der Waals surface area (Å²) in [5, 5.41) is 6.78. The van der Waals surface area contributed by atoms with Gasteiger partial charge in [0.15, 0.2) is 5.96 Å². The Hall–Kier alpha value is -2.86. The first-order valence-electron chi connectivity index (χ1n) is 11.1. The summed E-state index contributed by atoms with van der Waals surface area (Å²) in [7, 11) is 3.53. The van der Waals surface area contributed by atoms with Gasteiger partial charge in [-0.05, 0) is 30.9 Å². The van der Waals surface area contributed by atoms with Crippen LogP contribution in [-0.2, 0) is 17.9 Å². The van der Waals surface area contributed by atoms with E-state index in [0.717, 1.165) is 38.0 Å². The lowest BCUT2D eigenvalue weighted by Crippen LogP contribution is -2.50. The zero-order valence-corrected chi connectivity index (χ0v) is 19.0. The van der Waals surface area contributed by atoms with Crippen molar-refractivity contribution in [3.05, 3.63) is 71.3 Å². The molecule has 3 rings (SSSR count). The highest BCUT2D eigenvalue weighted by atomic mass is 16.2. The predicted molar refractivity (Wildman–Crippen MR) is 127 cm³/mol. The van der Waals surface area contributed by atoms with Crippen molar-refractivity contribution in [3.8, 4) is 0 Å². The molecule has 6 heteroatoms. The molecule has 0 radical (unpaired) electrons. The van der Waals surface area contributed by atoms with Crippen molar-refractivity contribution in [1.82, 2.24) is 20.4 Å². The van der Waals surface area contributed by atoms with Crippen molar-refractivity contribution in [2.75, 3.05) is 33.7 Å². The van der Waals surface area contributed by atoms with E-state index in [2.05, 4.69) is 77.1 Å². The van der Waals surface area contributed by atoms with E-state index in [1.54, 1.807) is 19.0 Å². The van der Waals surface area contributed by atoms with Crippen LogP contribution in [0.2, 0.25) is 0 Å². The summed E-state index contributed by atoms with van der Waals surface area (Å²) in [6, 6.07) is 19.4. The van der Waals surface area contributed by atoms with Gasteiger partial charge in [-0.3, -0.25) is 9.69 Å². The summed E-state index contributed by atoms with van der Waals surface area (Å²) < 4.78 is 0. The van der Waals surface area contributed by atoms with Gasteiger partial charge in [0.2, 0.25) is 5.91 Å². The van der Waals surface area contributed by atoms with Crippen molar-refractivity contribution < 1.29 is 4.79 Å². The fourth-order valence-corrected chi connectivity index (χ4v) is 3.72. The number of aliphatic imine (C=N–C) groups is 1. The minimum Gasteiger partial charge on any atom is -0.354 e. The van der Waals surface area contributed by atoms with Crippen LogP contribution >= 0.6 is 0 Å². The van der Waals surface area contributed by atoms with Crippen molar-refractivity contribution >= 4 is 11.9 Å². The molecule has 0 aliphatic carbocycles. The average molecular weight is 422 g/mol. The molecule has 0 aromatic heterocycles. The molecular formula is C25H35N5O. The minimum absolute atomic E-state index is 0.0303. The number of piperidine rings is 1. The fraction of sp³-hybridized carbons (Fsp3) is 0.440. The predicted octanol–water partition coefficient (Wildman–Crippen LogP) is 2.78. The molecular weight excluding hydrogens is 386 g/mol. The molecule has 0 bridgehead atoms. The summed E-state index contributed by atoms with van der Waals surface area (Å²) in [4.78, 5) is 20.9. The Bertz CT molecular complexity index is 857. The smallest absolute Gasteiger partial charge is 0.241 e. The number of nitrogens with one attached hydrogen (secondary N) is 2. The van der Waals surface area contributed by atoms with E-state index in [0.29, 0.717) is 18.5 Å². The monoisotopic (exact) mass is 421 g/mol. The SMILES string of the molecule is Cc1cccc(CN=C(NCC(=O)N(C)C)NC2CCN(Cc3ccccc3)CC2)c1. The van der Waals surface area contributed by atoms with E-state index >= 15 is 0 Å². The Morgan fingerprint density at radius 3 is 2.45 bits per heavy atom. The largest absolute Gasteiger partial charge is 0.354 e. The second-order valence-corrected chi connectivity index (χ2v) is 8.48. The molecule has 1 aliphatic heterocycles. The van der Waals surface area contributed by atoms with Crippen LogP contribution in [0.15, 0.2) is 59.6 Å². The van der Waals surface area contributed by atoms with Gasteiger partial charge in [-0.15, -0.1) is 0 Å². The normalized spacial score (nSPS) is 15.5. The van der Waals surface area contributed by atoms with Crippen LogP contribution in [0.5, 0.6) is 0 Å². The molecule has 6 nitrogen and oxygen atoms in total. The number of aryl methyl sites for hydroxylation is 1. The van der Waals surface area contributed by atoms with Crippen molar-refractivity contribution in [2.24, 2.45) is 4.99 Å². The van der Waals surface area contributed by atoms with Crippen molar-refractivity contribution in [3.63, 3.8) is 0 Å². The molecule has 1 saturated heterocycles. The van der Waals surface area contributed by atoms with Crippen LogP contribution in [-0.4, -0.2) is 61.4 Å². The highest BCUT2D eigenvalue weighted by Crippen LogP contribution is 2.14. The molecule has 2 aromatic carbocycles. The molecule has 0 spiro atoms. The lowest BCUT2D eigenvalue weighted by atomic mass is 10.0. The second-order valence-electron chi connectivity index (χ2n) is 8.48. The number of hydrogen-bond donors (Lipinski definition) is 2. The van der Waals surface area contributed by atoms with Gasteiger partial charge in [-0.25, -0.2) is 4.99 Å². The van der Waals surface area contributed by atoms with E-state index in [-0.39, 0.29) is 12.5 Å². The number of hydrogen-bond acceptors (Lipinski definition) is 3. The van der Waals surface area contributed by atoms with Crippen molar-refractivity contribution in [2.45, 2.75) is 38.9 Å². The zero-order valence-electron chi connectivity index (χ0n) is 19.0. The Balaban J connectivity index is 1.56. The van der Waals surface area contributed by atoms with Crippen LogP contribution in [0.25, 0.3) is 0 Å². The maximum atomic E-state index is 12.0. The summed E-state index contributed by atoms with van der Waals surface area (Å²) in [5.41, 5.74) is 3.75. The molecule has 2 N–H and O–H groups in total. The van der Waals surface area contributed by atoms with E-state index in [1.807, 2.05) is 0 Å². The molecule has 1 amide bonds. The van der Waals surface area contributed by atoms with Gasteiger partial charge in [0.05, 0.1) is 13.1 Å². The van der Waals surface area contributed by atoms with Gasteiger partial charge in [0.25, 0.3) is 0 Å². The van der Waals surface area contributed by atoms with Crippen molar-refractivity contribution in [1.29, 1.82) is 0 Å². The summed E-state index contributed by atoms with van der Waals surface area (Å²) >= 11 is 0. The van der Waals surface area contributed by atoms with Gasteiger partial charge < -0.3 is 15.5 Å². The molecule has 1 heterocycles.